The summed E-state index contributed by atoms with van der Waals surface area (Å²) in [4.78, 5) is 12.7. The summed E-state index contributed by atoms with van der Waals surface area (Å²) in [6.07, 6.45) is 22.2. The molecule has 0 radical (unpaired) electrons. The second-order valence-corrected chi connectivity index (χ2v) is 20.6. The number of rotatable bonds is 6. The minimum absolute atomic E-state index is 0.151. The first-order valence-corrected chi connectivity index (χ1v) is 20.2. The number of ether oxygens (including phenoxy) is 1. The molecule has 6 rings (SSSR count). The third-order valence-corrected chi connectivity index (χ3v) is 19.8. The van der Waals surface area contributed by atoms with Crippen LogP contribution in [-0.2, 0) is 9.53 Å². The van der Waals surface area contributed by atoms with Gasteiger partial charge in [0.2, 0.25) is 0 Å². The van der Waals surface area contributed by atoms with Crippen molar-refractivity contribution >= 4 is 13.2 Å². The summed E-state index contributed by atoms with van der Waals surface area (Å²) in [5, 5.41) is 14.1. The van der Waals surface area contributed by atoms with E-state index in [9.17, 15) is 10.1 Å². The van der Waals surface area contributed by atoms with Crippen LogP contribution in [0, 0.1) is 45.3 Å². The van der Waals surface area contributed by atoms with E-state index in [0.717, 1.165) is 35.5 Å². The van der Waals surface area contributed by atoms with Crippen molar-refractivity contribution in [2.24, 2.45) is 34.0 Å². The molecule has 4 nitrogen and oxygen atoms in total. The predicted molar refractivity (Wildman–Crippen MR) is 175 cm³/mol. The van der Waals surface area contributed by atoms with E-state index in [4.69, 9.17) is 4.74 Å². The van der Waals surface area contributed by atoms with Crippen LogP contribution >= 0.6 is 7.26 Å². The van der Waals surface area contributed by atoms with Crippen LogP contribution in [0.1, 0.15) is 118 Å². The highest BCUT2D eigenvalue weighted by atomic mass is 31.2. The molecule has 4 aliphatic carbocycles. The molecule has 2 aliphatic heterocycles. The van der Waals surface area contributed by atoms with Crippen molar-refractivity contribution in [2.45, 2.75) is 135 Å². The summed E-state index contributed by atoms with van der Waals surface area (Å²) in [5.74, 6) is 2.43. The van der Waals surface area contributed by atoms with Crippen molar-refractivity contribution in [3.8, 4) is 6.07 Å². The Morgan fingerprint density at radius 2 is 1.83 bits per heavy atom. The highest BCUT2D eigenvalue weighted by Crippen LogP contribution is 2.82. The van der Waals surface area contributed by atoms with Crippen molar-refractivity contribution < 1.29 is 9.53 Å². The number of carbonyl (C=O) groups is 1. The molecule has 1 N–H and O–H groups in total. The van der Waals surface area contributed by atoms with Crippen LogP contribution < -0.4 is 5.32 Å². The Kier molecular flexibility index (Phi) is 8.09. The largest absolute Gasteiger partial charge is 0.465 e. The molecule has 4 fully saturated rings. The lowest BCUT2D eigenvalue weighted by Crippen LogP contribution is -2.62. The minimum Gasteiger partial charge on any atom is -0.465 e. The molecule has 2 heterocycles. The summed E-state index contributed by atoms with van der Waals surface area (Å²) >= 11 is 0. The minimum atomic E-state index is -1.20. The summed E-state index contributed by atoms with van der Waals surface area (Å²) in [6.45, 7) is 16.3. The molecule has 5 unspecified atom stereocenters. The average Bonchev–Trinajstić information content (AvgIpc) is 3.41. The van der Waals surface area contributed by atoms with Gasteiger partial charge in [0.05, 0.1) is 30.2 Å². The fraction of sp³-hybridized carbons (Fsp3) is 0.838. The molecule has 0 spiro atoms. The van der Waals surface area contributed by atoms with Crippen LogP contribution in [0.4, 0.5) is 0 Å². The Balaban J connectivity index is 1.25. The van der Waals surface area contributed by atoms with Gasteiger partial charge in [-0.2, -0.15) is 5.26 Å². The zero-order valence-corrected chi connectivity index (χ0v) is 28.5. The third-order valence-electron chi connectivity index (χ3n) is 14.2. The van der Waals surface area contributed by atoms with Crippen molar-refractivity contribution in [2.75, 3.05) is 26.0 Å². The van der Waals surface area contributed by atoms with E-state index in [0.29, 0.717) is 30.4 Å². The summed E-state index contributed by atoms with van der Waals surface area (Å²) in [7, 11) is -1.20. The van der Waals surface area contributed by atoms with E-state index < -0.39 is 12.7 Å². The van der Waals surface area contributed by atoms with Crippen LogP contribution in [0.3, 0.4) is 0 Å². The fourth-order valence-electron chi connectivity index (χ4n) is 12.4. The molecule has 0 bridgehead atoms. The quantitative estimate of drug-likeness (QED) is 0.247. The van der Waals surface area contributed by atoms with Gasteiger partial charge in [-0.25, -0.2) is 0 Å². The highest BCUT2D eigenvalue weighted by Gasteiger charge is 2.69. The van der Waals surface area contributed by atoms with Crippen LogP contribution in [0.5, 0.6) is 0 Å². The highest BCUT2D eigenvalue weighted by molar-refractivity contribution is 7.77. The lowest BCUT2D eigenvalue weighted by Gasteiger charge is -2.64. The van der Waals surface area contributed by atoms with Gasteiger partial charge in [0.1, 0.15) is 0 Å². The average molecular weight is 594 g/mol. The Hall–Kier alpha value is -1.17. The number of esters is 1. The maximum Gasteiger partial charge on any atom is 0.326 e. The maximum atomic E-state index is 12.7. The van der Waals surface area contributed by atoms with Crippen LogP contribution in [-0.4, -0.2) is 48.8 Å². The van der Waals surface area contributed by atoms with E-state index in [1.807, 2.05) is 6.92 Å². The number of fused-ring (bicyclic) bond motifs is 7. The lowest BCUT2D eigenvalue weighted by molar-refractivity contribution is -0.152. The lowest BCUT2D eigenvalue weighted by atomic mass is 9.50. The van der Waals surface area contributed by atoms with Gasteiger partial charge in [0.15, 0.2) is 5.41 Å². The molecular formula is C37H58N2O2P+. The number of hydrogen-bond acceptors (Lipinski definition) is 4. The fourth-order valence-corrected chi connectivity index (χ4v) is 18.6. The molecule has 0 aromatic carbocycles. The zero-order valence-electron chi connectivity index (χ0n) is 27.6. The second kappa shape index (κ2) is 11.0. The molecular weight excluding hydrogens is 535 g/mol. The Bertz CT molecular complexity index is 1180. The summed E-state index contributed by atoms with van der Waals surface area (Å²) in [6, 6.07) is 2.34. The number of allylic oxidation sites excluding steroid dienone is 4. The van der Waals surface area contributed by atoms with Crippen molar-refractivity contribution in [1.29, 1.82) is 5.26 Å². The number of hydrogen-bond donors (Lipinski definition) is 1. The first-order chi connectivity index (χ1) is 20.0. The van der Waals surface area contributed by atoms with E-state index in [1.165, 1.54) is 88.1 Å². The van der Waals surface area contributed by atoms with E-state index >= 15 is 0 Å². The van der Waals surface area contributed by atoms with Crippen molar-refractivity contribution in [1.82, 2.24) is 5.32 Å². The topological polar surface area (TPSA) is 62.1 Å². The monoisotopic (exact) mass is 593 g/mol. The predicted octanol–water partition coefficient (Wildman–Crippen LogP) is 8.68. The van der Waals surface area contributed by atoms with Gasteiger partial charge in [-0.15, -0.1) is 0 Å². The Labute approximate surface area is 257 Å². The number of nitriles is 1. The molecule has 6 aliphatic rings. The molecule has 0 aromatic heterocycles. The summed E-state index contributed by atoms with van der Waals surface area (Å²) in [5.41, 5.74) is 4.75. The Morgan fingerprint density at radius 3 is 2.52 bits per heavy atom. The molecule has 0 amide bonds. The van der Waals surface area contributed by atoms with Gasteiger partial charge >= 0.3 is 5.97 Å². The molecule has 9 atom stereocenters. The van der Waals surface area contributed by atoms with E-state index in [-0.39, 0.29) is 11.4 Å². The molecule has 232 valence electrons. The normalized spacial score (nSPS) is 45.7. The van der Waals surface area contributed by atoms with E-state index in [2.05, 4.69) is 57.9 Å². The van der Waals surface area contributed by atoms with E-state index in [1.54, 1.807) is 0 Å². The number of carbonyl (C=O) groups excluding carboxylic acids is 1. The third kappa shape index (κ3) is 4.44. The SMILES string of the molecule is CCCN[C@]12CCC[C@@H]1[C@H]1CCC3[C@@](C)(CCC4C(C)(C)C(C5=CCC(C#N)(C(=O)OCC)CC5)=CC[P+]43C)C1CC2. The maximum absolute atomic E-state index is 12.7. The molecule has 42 heavy (non-hydrogen) atoms. The van der Waals surface area contributed by atoms with Crippen LogP contribution in [0.15, 0.2) is 23.3 Å². The van der Waals surface area contributed by atoms with Gasteiger partial charge in [-0.1, -0.05) is 40.2 Å². The Morgan fingerprint density at radius 1 is 1.02 bits per heavy atom. The number of nitrogens with one attached hydrogen (secondary N) is 1. The standard InChI is InChI=1S/C37H58N2O2P/c1-7-23-39-37-18-9-10-30(37)27-11-12-32-35(5,29(27)15-22-37)19-16-31-34(3,4)28(17-24-42(31,32)6)26-13-20-36(25-38,21-14-26)33(40)41-8-2/h13,17,27,29-32,39H,7-12,14-16,18-24H2,1-6H3/q+1/t27-,29?,30+,31?,32?,35-,36?,37-,42?/m0/s1. The second-order valence-electron chi connectivity index (χ2n) is 16.3. The zero-order chi connectivity index (χ0) is 30.0. The van der Waals surface area contributed by atoms with Gasteiger partial charge in [0, 0.05) is 30.3 Å². The number of nitrogens with zero attached hydrogens (tertiary/aromatic N) is 1. The van der Waals surface area contributed by atoms with Crippen LogP contribution in [0.2, 0.25) is 0 Å². The first-order valence-electron chi connectivity index (χ1n) is 17.6. The van der Waals surface area contributed by atoms with Crippen LogP contribution in [0.25, 0.3) is 0 Å². The van der Waals surface area contributed by atoms with Gasteiger partial charge < -0.3 is 10.1 Å². The van der Waals surface area contributed by atoms with Gasteiger partial charge in [-0.3, -0.25) is 4.79 Å². The smallest absolute Gasteiger partial charge is 0.326 e. The van der Waals surface area contributed by atoms with Gasteiger partial charge in [0.25, 0.3) is 0 Å². The summed E-state index contributed by atoms with van der Waals surface area (Å²) < 4.78 is 5.32. The molecule has 5 heteroatoms. The molecule has 0 aromatic rings. The molecule has 3 saturated carbocycles. The van der Waals surface area contributed by atoms with Crippen molar-refractivity contribution in [3.63, 3.8) is 0 Å². The van der Waals surface area contributed by atoms with Gasteiger partial charge in [-0.05, 0) is 125 Å². The van der Waals surface area contributed by atoms with Crippen molar-refractivity contribution in [3.05, 3.63) is 23.3 Å². The molecule has 1 saturated heterocycles. The first kappa shape index (κ1) is 30.8.